The Labute approximate surface area is 127 Å². The first-order chi connectivity index (χ1) is 10.2. The average molecular weight is 307 g/mol. The molecule has 0 spiro atoms. The third-order valence-corrected chi connectivity index (χ3v) is 3.73. The van der Waals surface area contributed by atoms with Gasteiger partial charge in [0.2, 0.25) is 5.91 Å². The van der Waals surface area contributed by atoms with Crippen LogP contribution in [0.5, 0.6) is 0 Å². The number of aromatic nitrogens is 2. The molecule has 1 aliphatic carbocycles. The molecule has 1 saturated carbocycles. The number of anilines is 1. The number of hydrogen-bond acceptors (Lipinski definition) is 6. The first kappa shape index (κ1) is 14.2. The maximum absolute atomic E-state index is 12.4. The third-order valence-electron chi connectivity index (χ3n) is 3.54. The summed E-state index contributed by atoms with van der Waals surface area (Å²) in [4.78, 5) is 22.9. The van der Waals surface area contributed by atoms with Crippen LogP contribution in [0.2, 0.25) is 0 Å². The highest BCUT2D eigenvalue weighted by atomic mass is 32.1. The first-order valence-corrected chi connectivity index (χ1v) is 7.33. The van der Waals surface area contributed by atoms with Crippen molar-refractivity contribution in [2.75, 3.05) is 24.7 Å². The largest absolute Gasteiger partial charge is 0.388 e. The van der Waals surface area contributed by atoms with Crippen LogP contribution in [0.3, 0.4) is 0 Å². The summed E-state index contributed by atoms with van der Waals surface area (Å²) in [5.74, 6) is 0.501. The molecule has 1 aliphatic heterocycles. The van der Waals surface area contributed by atoms with E-state index in [-0.39, 0.29) is 10.9 Å². The number of nitrogens with one attached hydrogen (secondary N) is 1. The minimum Gasteiger partial charge on any atom is -0.388 e. The quantitative estimate of drug-likeness (QED) is 0.731. The van der Waals surface area contributed by atoms with Gasteiger partial charge in [0.05, 0.1) is 13.2 Å². The van der Waals surface area contributed by atoms with Crippen LogP contribution in [0.15, 0.2) is 12.4 Å². The summed E-state index contributed by atoms with van der Waals surface area (Å²) in [6.07, 6.45) is 5.20. The number of rotatable bonds is 4. The lowest BCUT2D eigenvalue weighted by Crippen LogP contribution is -2.55. The van der Waals surface area contributed by atoms with Crippen LogP contribution in [0, 0.1) is 0 Å². The molecule has 2 aliphatic rings. The van der Waals surface area contributed by atoms with Crippen molar-refractivity contribution in [2.45, 2.75) is 24.9 Å². The molecule has 0 radical (unpaired) electrons. The number of carbonyl (C=O) groups is 1. The summed E-state index contributed by atoms with van der Waals surface area (Å²) < 4.78 is 5.44. The van der Waals surface area contributed by atoms with E-state index in [9.17, 15) is 4.79 Å². The van der Waals surface area contributed by atoms with E-state index in [1.807, 2.05) is 4.90 Å². The van der Waals surface area contributed by atoms with E-state index in [2.05, 4.69) is 15.3 Å². The van der Waals surface area contributed by atoms with Gasteiger partial charge in [-0.2, -0.15) is 0 Å². The third kappa shape index (κ3) is 3.11. The Kier molecular flexibility index (Phi) is 3.98. The van der Waals surface area contributed by atoms with Gasteiger partial charge in [0.1, 0.15) is 16.7 Å². The van der Waals surface area contributed by atoms with E-state index < -0.39 is 6.04 Å². The molecule has 1 saturated heterocycles. The summed E-state index contributed by atoms with van der Waals surface area (Å²) in [5.41, 5.74) is 6.15. The number of nitrogens with two attached hydrogens (primary N) is 1. The molecule has 1 amide bonds. The molecule has 3 rings (SSSR count). The minimum atomic E-state index is -0.427. The molecule has 0 aromatic carbocycles. The van der Waals surface area contributed by atoms with Crippen LogP contribution in [0.25, 0.3) is 0 Å². The van der Waals surface area contributed by atoms with Crippen LogP contribution in [0.1, 0.15) is 18.5 Å². The maximum atomic E-state index is 12.4. The van der Waals surface area contributed by atoms with Crippen molar-refractivity contribution in [1.29, 1.82) is 0 Å². The number of ether oxygens (including phenoxy) is 1. The lowest BCUT2D eigenvalue weighted by Gasteiger charge is -2.35. The highest BCUT2D eigenvalue weighted by molar-refractivity contribution is 7.80. The predicted molar refractivity (Wildman–Crippen MR) is 81.0 cm³/mol. The van der Waals surface area contributed by atoms with Crippen LogP contribution < -0.4 is 16.0 Å². The fraction of sp³-hybridized carbons (Fsp3) is 0.538. The zero-order valence-corrected chi connectivity index (χ0v) is 12.3. The molecule has 112 valence electrons. The fourth-order valence-corrected chi connectivity index (χ4v) is 2.46. The van der Waals surface area contributed by atoms with Gasteiger partial charge >= 0.3 is 0 Å². The van der Waals surface area contributed by atoms with Crippen LogP contribution in [-0.4, -0.2) is 52.7 Å². The van der Waals surface area contributed by atoms with E-state index >= 15 is 0 Å². The van der Waals surface area contributed by atoms with Gasteiger partial charge in [0, 0.05) is 25.0 Å². The SMILES string of the molecule is NC(=S)c1nccnc1N1CCOCC1C(=O)NC1CC1. The number of nitrogens with zero attached hydrogens (tertiary/aromatic N) is 3. The summed E-state index contributed by atoms with van der Waals surface area (Å²) in [6, 6.07) is -0.123. The molecule has 1 aromatic rings. The van der Waals surface area contributed by atoms with Gasteiger partial charge in [-0.3, -0.25) is 4.79 Å². The van der Waals surface area contributed by atoms with Crippen molar-refractivity contribution < 1.29 is 9.53 Å². The zero-order chi connectivity index (χ0) is 14.8. The van der Waals surface area contributed by atoms with E-state index in [0.29, 0.717) is 37.3 Å². The van der Waals surface area contributed by atoms with Crippen LogP contribution in [-0.2, 0) is 9.53 Å². The van der Waals surface area contributed by atoms with E-state index in [0.717, 1.165) is 12.8 Å². The summed E-state index contributed by atoms with van der Waals surface area (Å²) >= 11 is 5.02. The second-order valence-electron chi connectivity index (χ2n) is 5.16. The standard InChI is InChI=1S/C13H17N5O2S/c14-11(21)10-12(16-4-3-15-10)18-5-6-20-7-9(18)13(19)17-8-1-2-8/h3-4,8-9H,1-2,5-7H2,(H2,14,21)(H,17,19). The molecule has 2 heterocycles. The van der Waals surface area contributed by atoms with Gasteiger partial charge in [0.15, 0.2) is 5.82 Å². The highest BCUT2D eigenvalue weighted by Crippen LogP contribution is 2.23. The lowest BCUT2D eigenvalue weighted by atomic mass is 10.2. The number of morpholine rings is 1. The molecule has 7 nitrogen and oxygen atoms in total. The molecule has 3 N–H and O–H groups in total. The van der Waals surface area contributed by atoms with Crippen LogP contribution >= 0.6 is 12.2 Å². The molecule has 8 heteroatoms. The molecule has 21 heavy (non-hydrogen) atoms. The van der Waals surface area contributed by atoms with Crippen molar-refractivity contribution in [3.8, 4) is 0 Å². The number of thiocarbonyl (C=S) groups is 1. The fourth-order valence-electron chi connectivity index (χ4n) is 2.31. The Bertz CT molecular complexity index is 563. The lowest BCUT2D eigenvalue weighted by molar-refractivity contribution is -0.124. The van der Waals surface area contributed by atoms with Gasteiger partial charge < -0.3 is 20.7 Å². The van der Waals surface area contributed by atoms with Gasteiger partial charge in [-0.1, -0.05) is 12.2 Å². The summed E-state index contributed by atoms with van der Waals surface area (Å²) in [5, 5.41) is 3.00. The molecule has 0 bridgehead atoms. The van der Waals surface area contributed by atoms with E-state index in [1.165, 1.54) is 6.20 Å². The van der Waals surface area contributed by atoms with Crippen molar-refractivity contribution in [3.05, 3.63) is 18.1 Å². The molecular formula is C13H17N5O2S. The summed E-state index contributed by atoms with van der Waals surface area (Å²) in [6.45, 7) is 1.41. The molecule has 1 unspecified atom stereocenters. The second-order valence-corrected chi connectivity index (χ2v) is 5.60. The van der Waals surface area contributed by atoms with Crippen molar-refractivity contribution in [1.82, 2.24) is 15.3 Å². The number of amides is 1. The summed E-state index contributed by atoms with van der Waals surface area (Å²) in [7, 11) is 0. The Morgan fingerprint density at radius 1 is 1.43 bits per heavy atom. The Morgan fingerprint density at radius 3 is 2.90 bits per heavy atom. The van der Waals surface area contributed by atoms with Gasteiger partial charge in [-0.15, -0.1) is 0 Å². The van der Waals surface area contributed by atoms with Crippen molar-refractivity contribution in [2.24, 2.45) is 5.73 Å². The van der Waals surface area contributed by atoms with Gasteiger partial charge in [-0.25, -0.2) is 9.97 Å². The van der Waals surface area contributed by atoms with Crippen LogP contribution in [0.4, 0.5) is 5.82 Å². The normalized spacial score (nSPS) is 21.9. The smallest absolute Gasteiger partial charge is 0.245 e. The molecule has 2 fully saturated rings. The Morgan fingerprint density at radius 2 is 2.19 bits per heavy atom. The molecular weight excluding hydrogens is 290 g/mol. The highest BCUT2D eigenvalue weighted by Gasteiger charge is 2.35. The zero-order valence-electron chi connectivity index (χ0n) is 11.5. The van der Waals surface area contributed by atoms with E-state index in [4.69, 9.17) is 22.7 Å². The molecule has 1 atom stereocenters. The maximum Gasteiger partial charge on any atom is 0.245 e. The second kappa shape index (κ2) is 5.90. The van der Waals surface area contributed by atoms with Gasteiger partial charge in [-0.05, 0) is 12.8 Å². The molecule has 1 aromatic heterocycles. The topological polar surface area (TPSA) is 93.4 Å². The predicted octanol–water partition coefficient (Wildman–Crippen LogP) is -0.405. The Balaban J connectivity index is 1.86. The number of carbonyl (C=O) groups excluding carboxylic acids is 1. The average Bonchev–Trinajstić information content (AvgIpc) is 3.31. The number of hydrogen-bond donors (Lipinski definition) is 2. The first-order valence-electron chi connectivity index (χ1n) is 6.92. The Hall–Kier alpha value is -1.80. The van der Waals surface area contributed by atoms with Crippen molar-refractivity contribution in [3.63, 3.8) is 0 Å². The monoisotopic (exact) mass is 307 g/mol. The van der Waals surface area contributed by atoms with E-state index in [1.54, 1.807) is 6.20 Å². The van der Waals surface area contributed by atoms with Gasteiger partial charge in [0.25, 0.3) is 0 Å². The van der Waals surface area contributed by atoms with Crippen molar-refractivity contribution >= 4 is 28.9 Å². The minimum absolute atomic E-state index is 0.0447.